The molecule has 0 radical (unpaired) electrons. The Labute approximate surface area is 60.0 Å². The summed E-state index contributed by atoms with van der Waals surface area (Å²) in [6.45, 7) is 1.99. The molecule has 0 aromatic rings. The normalized spacial score (nSPS) is 31.5. The lowest BCUT2D eigenvalue weighted by Gasteiger charge is -2.00. The van der Waals surface area contributed by atoms with E-state index < -0.39 is 10.0 Å². The van der Waals surface area contributed by atoms with Gasteiger partial charge in [-0.1, -0.05) is 0 Å². The van der Waals surface area contributed by atoms with Crippen molar-refractivity contribution in [2.24, 2.45) is 4.40 Å². The minimum Gasteiger partial charge on any atom is -0.372 e. The Morgan fingerprint density at radius 2 is 2.40 bits per heavy atom. The van der Waals surface area contributed by atoms with Crippen LogP contribution in [0.25, 0.3) is 0 Å². The number of hydrogen-bond acceptors (Lipinski definition) is 3. The number of rotatable bonds is 0. The van der Waals surface area contributed by atoms with Crippen LogP contribution in [0.4, 0.5) is 0 Å². The van der Waals surface area contributed by atoms with Gasteiger partial charge in [0.05, 0.1) is 18.5 Å². The smallest absolute Gasteiger partial charge is 0.255 e. The first-order chi connectivity index (χ1) is 4.60. The Kier molecular flexibility index (Phi) is 2.05. The van der Waals surface area contributed by atoms with Crippen LogP contribution in [0.5, 0.6) is 0 Å². The molecule has 1 aliphatic rings. The second-order valence-corrected chi connectivity index (χ2v) is 3.90. The summed E-state index contributed by atoms with van der Waals surface area (Å²) in [7, 11) is -3.21. The molecule has 0 aromatic carbocycles. The molecule has 1 heterocycles. The van der Waals surface area contributed by atoms with Crippen LogP contribution in [-0.4, -0.2) is 33.1 Å². The molecule has 0 amide bonds. The van der Waals surface area contributed by atoms with Gasteiger partial charge in [0.1, 0.15) is 0 Å². The van der Waals surface area contributed by atoms with Crippen LogP contribution in [0.15, 0.2) is 4.40 Å². The van der Waals surface area contributed by atoms with Gasteiger partial charge in [-0.15, -0.1) is 0 Å². The van der Waals surface area contributed by atoms with E-state index in [9.17, 15) is 8.42 Å². The summed E-state index contributed by atoms with van der Waals surface area (Å²) in [6, 6.07) is 0. The molecule has 1 aliphatic heterocycles. The summed E-state index contributed by atoms with van der Waals surface area (Å²) in [4.78, 5) is 0. The average molecular weight is 163 g/mol. The molecule has 4 nitrogen and oxygen atoms in total. The monoisotopic (exact) mass is 163 g/mol. The lowest BCUT2D eigenvalue weighted by Crippen LogP contribution is -2.10. The Morgan fingerprint density at radius 3 is 3.10 bits per heavy atom. The van der Waals surface area contributed by atoms with Gasteiger partial charge in [0.25, 0.3) is 10.0 Å². The summed E-state index contributed by atoms with van der Waals surface area (Å²) >= 11 is 0. The van der Waals surface area contributed by atoms with Crippen molar-refractivity contribution >= 4 is 16.2 Å². The van der Waals surface area contributed by atoms with Crippen molar-refractivity contribution in [1.82, 2.24) is 0 Å². The third-order valence-electron chi connectivity index (χ3n) is 1.15. The maximum Gasteiger partial charge on any atom is 0.255 e. The molecule has 5 heteroatoms. The van der Waals surface area contributed by atoms with Crippen LogP contribution in [0, 0.1) is 0 Å². The van der Waals surface area contributed by atoms with Gasteiger partial charge in [-0.25, -0.2) is 8.42 Å². The first-order valence-corrected chi connectivity index (χ1v) is 4.61. The zero-order chi connectivity index (χ0) is 7.61. The summed E-state index contributed by atoms with van der Waals surface area (Å²) in [5.74, 6) is -0.00611. The van der Waals surface area contributed by atoms with E-state index in [0.29, 0.717) is 0 Å². The van der Waals surface area contributed by atoms with E-state index >= 15 is 0 Å². The highest BCUT2D eigenvalue weighted by atomic mass is 32.2. The predicted molar refractivity (Wildman–Crippen MR) is 37.7 cm³/mol. The molecule has 0 aromatic heterocycles. The van der Waals surface area contributed by atoms with Crippen molar-refractivity contribution in [3.63, 3.8) is 0 Å². The zero-order valence-electron chi connectivity index (χ0n) is 5.65. The van der Waals surface area contributed by atoms with Gasteiger partial charge in [-0.2, -0.15) is 4.40 Å². The Hall–Kier alpha value is -0.420. The van der Waals surface area contributed by atoms with Gasteiger partial charge in [0.15, 0.2) is 0 Å². The molecular formula is C5H9NO3S. The first kappa shape index (κ1) is 7.68. The van der Waals surface area contributed by atoms with Gasteiger partial charge >= 0.3 is 0 Å². The number of ether oxygens (including phenoxy) is 1. The number of sulfonamides is 1. The summed E-state index contributed by atoms with van der Waals surface area (Å²) in [6.07, 6.45) is 1.12. The molecule has 0 bridgehead atoms. The van der Waals surface area contributed by atoms with E-state index in [-0.39, 0.29) is 18.5 Å². The Balaban J connectivity index is 2.78. The van der Waals surface area contributed by atoms with Crippen LogP contribution in [0.1, 0.15) is 6.92 Å². The van der Waals surface area contributed by atoms with Gasteiger partial charge in [-0.05, 0) is 6.92 Å². The van der Waals surface area contributed by atoms with Crippen LogP contribution in [0.2, 0.25) is 0 Å². The van der Waals surface area contributed by atoms with E-state index in [4.69, 9.17) is 4.74 Å². The molecule has 10 heavy (non-hydrogen) atoms. The number of nitrogens with zero attached hydrogens (tertiary/aromatic N) is 1. The third kappa shape index (κ3) is 2.07. The van der Waals surface area contributed by atoms with Gasteiger partial charge < -0.3 is 4.74 Å². The van der Waals surface area contributed by atoms with Gasteiger partial charge in [0, 0.05) is 6.21 Å². The van der Waals surface area contributed by atoms with Crippen LogP contribution >= 0.6 is 0 Å². The van der Waals surface area contributed by atoms with Crippen molar-refractivity contribution in [3.05, 3.63) is 0 Å². The van der Waals surface area contributed by atoms with E-state index in [1.54, 1.807) is 6.92 Å². The van der Waals surface area contributed by atoms with Gasteiger partial charge in [0.2, 0.25) is 0 Å². The second-order valence-electron chi connectivity index (χ2n) is 2.12. The van der Waals surface area contributed by atoms with Crippen LogP contribution in [0.3, 0.4) is 0 Å². The predicted octanol–water partition coefficient (Wildman–Crippen LogP) is -0.194. The minimum absolute atomic E-state index is 0.00611. The van der Waals surface area contributed by atoms with Crippen LogP contribution in [-0.2, 0) is 14.8 Å². The second kappa shape index (κ2) is 2.67. The molecule has 0 aliphatic carbocycles. The van der Waals surface area contributed by atoms with Gasteiger partial charge in [-0.3, -0.25) is 0 Å². The summed E-state index contributed by atoms with van der Waals surface area (Å²) in [5.41, 5.74) is 0. The Bertz CT molecular complexity index is 231. The van der Waals surface area contributed by atoms with E-state index in [0.717, 1.165) is 0 Å². The fourth-order valence-electron chi connectivity index (χ4n) is 0.613. The molecule has 1 atom stereocenters. The van der Waals surface area contributed by atoms with Crippen molar-refractivity contribution in [2.45, 2.75) is 13.0 Å². The highest BCUT2D eigenvalue weighted by molar-refractivity contribution is 7.90. The molecule has 0 spiro atoms. The van der Waals surface area contributed by atoms with Crippen molar-refractivity contribution in [3.8, 4) is 0 Å². The fraction of sp³-hybridized carbons (Fsp3) is 0.800. The van der Waals surface area contributed by atoms with E-state index in [1.807, 2.05) is 0 Å². The highest BCUT2D eigenvalue weighted by Crippen LogP contribution is 1.99. The van der Waals surface area contributed by atoms with Crippen molar-refractivity contribution < 1.29 is 13.2 Å². The van der Waals surface area contributed by atoms with Crippen molar-refractivity contribution in [1.29, 1.82) is 0 Å². The third-order valence-corrected chi connectivity index (χ3v) is 2.28. The quantitative estimate of drug-likeness (QED) is 0.497. The maximum atomic E-state index is 10.7. The minimum atomic E-state index is -3.21. The van der Waals surface area contributed by atoms with E-state index in [2.05, 4.69) is 4.40 Å². The fourth-order valence-corrected chi connectivity index (χ4v) is 1.38. The maximum absolute atomic E-state index is 10.7. The molecule has 58 valence electrons. The lowest BCUT2D eigenvalue weighted by atomic mass is 10.4. The summed E-state index contributed by atoms with van der Waals surface area (Å²) < 4.78 is 29.8. The summed E-state index contributed by atoms with van der Waals surface area (Å²) in [5, 5.41) is 0. The lowest BCUT2D eigenvalue weighted by molar-refractivity contribution is 0.128. The van der Waals surface area contributed by atoms with E-state index in [1.165, 1.54) is 6.21 Å². The largest absolute Gasteiger partial charge is 0.372 e. The first-order valence-electron chi connectivity index (χ1n) is 3.00. The highest BCUT2D eigenvalue weighted by Gasteiger charge is 2.12. The standard InChI is InChI=1S/C5H9NO3S/c1-5-4-6-10(7,8)3-2-9-5/h4-5H,2-3H2,1H3. The topological polar surface area (TPSA) is 55.7 Å². The van der Waals surface area contributed by atoms with Crippen molar-refractivity contribution in [2.75, 3.05) is 12.4 Å². The molecule has 1 rings (SSSR count). The SMILES string of the molecule is CC1C=NS(=O)(=O)CCO1. The molecule has 0 N–H and O–H groups in total. The molecular weight excluding hydrogens is 154 g/mol. The zero-order valence-corrected chi connectivity index (χ0v) is 6.47. The molecule has 1 unspecified atom stereocenters. The average Bonchev–Trinajstić information content (AvgIpc) is 1.94. The molecule has 0 fully saturated rings. The Morgan fingerprint density at radius 1 is 1.70 bits per heavy atom. The molecule has 0 saturated heterocycles. The number of hydrogen-bond donors (Lipinski definition) is 0. The molecule has 0 saturated carbocycles. The van der Waals surface area contributed by atoms with Crippen LogP contribution < -0.4 is 0 Å².